The molecule has 0 aromatic carbocycles. The van der Waals surface area contributed by atoms with Gasteiger partial charge in [-0.15, -0.1) is 0 Å². The largest absolute Gasteiger partial charge is 0.369 e. The first kappa shape index (κ1) is 21.5. The van der Waals surface area contributed by atoms with Gasteiger partial charge in [0.2, 0.25) is 5.91 Å². The Morgan fingerprint density at radius 1 is 1.23 bits per heavy atom. The number of nitrogens with one attached hydrogen (secondary N) is 2. The van der Waals surface area contributed by atoms with Gasteiger partial charge in [0.1, 0.15) is 29.0 Å². The molecule has 11 heteroatoms. The summed E-state index contributed by atoms with van der Waals surface area (Å²) in [7, 11) is 0. The molecule has 1 amide bonds. The smallest absolute Gasteiger partial charge is 0.235 e. The Labute approximate surface area is 199 Å². The number of anilines is 2. The van der Waals surface area contributed by atoms with Crippen LogP contribution in [-0.2, 0) is 16.8 Å². The molecule has 4 aromatic rings. The lowest BCUT2D eigenvalue weighted by atomic mass is 9.87. The number of aromatic nitrogens is 6. The molecule has 0 spiro atoms. The van der Waals surface area contributed by atoms with Gasteiger partial charge in [-0.1, -0.05) is 0 Å². The van der Waals surface area contributed by atoms with Crippen molar-refractivity contribution in [1.82, 2.24) is 29.7 Å². The van der Waals surface area contributed by atoms with Crippen molar-refractivity contribution in [3.05, 3.63) is 53.5 Å². The molecule has 0 atom stereocenters. The highest BCUT2D eigenvalue weighted by atomic mass is 19.1. The van der Waals surface area contributed by atoms with E-state index in [0.717, 1.165) is 25.6 Å². The third kappa shape index (κ3) is 3.67. The van der Waals surface area contributed by atoms with E-state index < -0.39 is 17.0 Å². The molecule has 1 aliphatic carbocycles. The molecule has 35 heavy (non-hydrogen) atoms. The molecule has 1 saturated carbocycles. The van der Waals surface area contributed by atoms with E-state index in [2.05, 4.69) is 30.7 Å². The molecule has 178 valence electrons. The van der Waals surface area contributed by atoms with E-state index in [-0.39, 0.29) is 29.7 Å². The Morgan fingerprint density at radius 2 is 2.06 bits per heavy atom. The van der Waals surface area contributed by atoms with Gasteiger partial charge < -0.3 is 10.6 Å². The second kappa shape index (κ2) is 7.76. The van der Waals surface area contributed by atoms with E-state index in [0.29, 0.717) is 34.2 Å². The minimum absolute atomic E-state index is 0.0106. The molecule has 2 aliphatic rings. The number of hydrogen-bond acceptors (Lipinski definition) is 7. The standard InChI is InChI=1S/C24H22F2N8O/c1-24(2)17-19(28-9-12-5-6-12)30-21(31-20(17)32-23(24)35)18-14-8-13(25)10-29-22(14)34(33-18)11-16-15(26)4-3-7-27-16/h3-4,7-8,10,12H,5-6,9,11H2,1-2H3,(H2,28,30,31,32,35). The van der Waals surface area contributed by atoms with Crippen molar-refractivity contribution in [2.24, 2.45) is 5.92 Å². The summed E-state index contributed by atoms with van der Waals surface area (Å²) in [5, 5.41) is 11.2. The first-order valence-electron chi connectivity index (χ1n) is 11.4. The van der Waals surface area contributed by atoms with E-state index in [1.807, 2.05) is 13.8 Å². The van der Waals surface area contributed by atoms with Crippen LogP contribution in [0.15, 0.2) is 30.6 Å². The zero-order valence-electron chi connectivity index (χ0n) is 19.1. The lowest BCUT2D eigenvalue weighted by Crippen LogP contribution is -2.28. The molecule has 2 N–H and O–H groups in total. The van der Waals surface area contributed by atoms with E-state index >= 15 is 0 Å². The van der Waals surface area contributed by atoms with E-state index in [9.17, 15) is 13.6 Å². The van der Waals surface area contributed by atoms with Crippen molar-refractivity contribution in [2.75, 3.05) is 17.2 Å². The van der Waals surface area contributed by atoms with Crippen LogP contribution >= 0.6 is 0 Å². The predicted molar refractivity (Wildman–Crippen MR) is 125 cm³/mol. The average Bonchev–Trinajstić information content (AvgIpc) is 3.54. The van der Waals surface area contributed by atoms with Crippen molar-refractivity contribution in [1.29, 1.82) is 0 Å². The highest BCUT2D eigenvalue weighted by molar-refractivity contribution is 6.06. The van der Waals surface area contributed by atoms with Crippen LogP contribution in [0.4, 0.5) is 20.4 Å². The van der Waals surface area contributed by atoms with E-state index in [1.165, 1.54) is 29.1 Å². The zero-order chi connectivity index (χ0) is 24.3. The third-order valence-electron chi connectivity index (χ3n) is 6.49. The van der Waals surface area contributed by atoms with Crippen LogP contribution < -0.4 is 10.6 Å². The highest BCUT2D eigenvalue weighted by Crippen LogP contribution is 2.42. The lowest BCUT2D eigenvalue weighted by molar-refractivity contribution is -0.119. The Hall–Kier alpha value is -4.02. The number of pyridine rings is 2. The number of rotatable bonds is 6. The number of fused-ring (bicyclic) bond motifs is 2. The number of amides is 1. The van der Waals surface area contributed by atoms with Gasteiger partial charge in [-0.2, -0.15) is 5.10 Å². The second-order valence-electron chi connectivity index (χ2n) is 9.49. The Kier molecular flexibility index (Phi) is 4.77. The number of halogens is 2. The van der Waals surface area contributed by atoms with Crippen molar-refractivity contribution < 1.29 is 13.6 Å². The molecule has 1 aliphatic heterocycles. The van der Waals surface area contributed by atoms with Crippen LogP contribution in [0.1, 0.15) is 37.9 Å². The van der Waals surface area contributed by atoms with Crippen LogP contribution in [-0.4, -0.2) is 42.2 Å². The van der Waals surface area contributed by atoms with Gasteiger partial charge >= 0.3 is 0 Å². The maximum atomic E-state index is 14.3. The fraction of sp³-hybridized carbons (Fsp3) is 0.333. The summed E-state index contributed by atoms with van der Waals surface area (Å²) in [6, 6.07) is 4.11. The SMILES string of the molecule is CC1(C)C(=O)Nc2nc(-c3nn(Cc4ncccc4F)c4ncc(F)cc34)nc(NCC3CC3)c21. The summed E-state index contributed by atoms with van der Waals surface area (Å²) >= 11 is 0. The van der Waals surface area contributed by atoms with Gasteiger partial charge in [-0.3, -0.25) is 9.78 Å². The number of nitrogens with zero attached hydrogens (tertiary/aromatic N) is 6. The van der Waals surface area contributed by atoms with Crippen molar-refractivity contribution >= 4 is 28.6 Å². The topological polar surface area (TPSA) is 111 Å². The fourth-order valence-electron chi connectivity index (χ4n) is 4.30. The van der Waals surface area contributed by atoms with Crippen LogP contribution in [0.3, 0.4) is 0 Å². The van der Waals surface area contributed by atoms with Crippen LogP contribution in [0.25, 0.3) is 22.6 Å². The fourth-order valence-corrected chi connectivity index (χ4v) is 4.30. The molecular formula is C24H22F2N8O. The molecule has 0 bridgehead atoms. The number of carbonyl (C=O) groups excluding carboxylic acids is 1. The van der Waals surface area contributed by atoms with Gasteiger partial charge in [0.15, 0.2) is 11.5 Å². The quantitative estimate of drug-likeness (QED) is 0.437. The minimum atomic E-state index is -0.814. The van der Waals surface area contributed by atoms with Crippen molar-refractivity contribution in [2.45, 2.75) is 38.6 Å². The van der Waals surface area contributed by atoms with E-state index in [4.69, 9.17) is 4.98 Å². The highest BCUT2D eigenvalue weighted by Gasteiger charge is 2.43. The van der Waals surface area contributed by atoms with Crippen LogP contribution in [0.2, 0.25) is 0 Å². The van der Waals surface area contributed by atoms with Crippen molar-refractivity contribution in [3.63, 3.8) is 0 Å². The summed E-state index contributed by atoms with van der Waals surface area (Å²) in [6.45, 7) is 4.37. The van der Waals surface area contributed by atoms with Gasteiger partial charge in [0.25, 0.3) is 0 Å². The third-order valence-corrected chi connectivity index (χ3v) is 6.49. The maximum Gasteiger partial charge on any atom is 0.235 e. The molecule has 0 unspecified atom stereocenters. The second-order valence-corrected chi connectivity index (χ2v) is 9.49. The molecule has 5 heterocycles. The molecule has 4 aromatic heterocycles. The Morgan fingerprint density at radius 3 is 2.83 bits per heavy atom. The molecule has 6 rings (SSSR count). The molecule has 0 saturated heterocycles. The monoisotopic (exact) mass is 476 g/mol. The lowest BCUT2D eigenvalue weighted by Gasteiger charge is -2.19. The van der Waals surface area contributed by atoms with Crippen LogP contribution in [0.5, 0.6) is 0 Å². The first-order chi connectivity index (χ1) is 16.8. The van der Waals surface area contributed by atoms with Gasteiger partial charge in [-0.05, 0) is 50.8 Å². The number of hydrogen-bond donors (Lipinski definition) is 2. The van der Waals surface area contributed by atoms with Crippen molar-refractivity contribution in [3.8, 4) is 11.5 Å². The van der Waals surface area contributed by atoms with Crippen LogP contribution in [0, 0.1) is 17.6 Å². The molecule has 1 fully saturated rings. The zero-order valence-corrected chi connectivity index (χ0v) is 19.1. The molecule has 9 nitrogen and oxygen atoms in total. The average molecular weight is 476 g/mol. The minimum Gasteiger partial charge on any atom is -0.369 e. The summed E-state index contributed by atoms with van der Waals surface area (Å²) in [5.41, 5.74) is 0.665. The predicted octanol–water partition coefficient (Wildman–Crippen LogP) is 3.66. The first-order valence-corrected chi connectivity index (χ1v) is 11.4. The van der Waals surface area contributed by atoms with E-state index in [1.54, 1.807) is 0 Å². The Balaban J connectivity index is 1.50. The number of carbonyl (C=O) groups is 1. The normalized spacial score (nSPS) is 16.4. The summed E-state index contributed by atoms with van der Waals surface area (Å²) in [6.07, 6.45) is 4.87. The summed E-state index contributed by atoms with van der Waals surface area (Å²) in [5.74, 6) is 0.507. The molecule has 0 radical (unpaired) electrons. The van der Waals surface area contributed by atoms with Gasteiger partial charge in [0.05, 0.1) is 34.8 Å². The van der Waals surface area contributed by atoms with Gasteiger partial charge in [-0.25, -0.2) is 28.4 Å². The van der Waals surface area contributed by atoms with Gasteiger partial charge in [0, 0.05) is 12.7 Å². The summed E-state index contributed by atoms with van der Waals surface area (Å²) < 4.78 is 29.9. The summed E-state index contributed by atoms with van der Waals surface area (Å²) in [4.78, 5) is 30.3. The Bertz CT molecular complexity index is 1490. The maximum absolute atomic E-state index is 14.3. The molecular weight excluding hydrogens is 454 g/mol.